The van der Waals surface area contributed by atoms with Crippen molar-refractivity contribution in [2.24, 2.45) is 0 Å². The zero-order chi connectivity index (χ0) is 15.2. The standard InChI is InChI=1S/C14H15N3O4/c1-21-13(19)9-17-12(18)7-11(16-14(17)20)15-8-10-5-3-2-4-6-10/h2-7,15H,8-9H2,1H3,(H,16,20). The van der Waals surface area contributed by atoms with Crippen molar-refractivity contribution < 1.29 is 9.53 Å². The predicted molar refractivity (Wildman–Crippen MR) is 77.1 cm³/mol. The quantitative estimate of drug-likeness (QED) is 0.773. The minimum atomic E-state index is -0.663. The molecule has 0 unspecified atom stereocenters. The molecule has 0 aliphatic rings. The fourth-order valence-corrected chi connectivity index (χ4v) is 1.75. The van der Waals surface area contributed by atoms with Crippen molar-refractivity contribution in [1.82, 2.24) is 9.55 Å². The topological polar surface area (TPSA) is 93.2 Å². The summed E-state index contributed by atoms with van der Waals surface area (Å²) in [4.78, 5) is 37.2. The van der Waals surface area contributed by atoms with E-state index in [9.17, 15) is 14.4 Å². The third-order valence-electron chi connectivity index (χ3n) is 2.86. The summed E-state index contributed by atoms with van der Waals surface area (Å²) >= 11 is 0. The van der Waals surface area contributed by atoms with Gasteiger partial charge in [0.15, 0.2) is 0 Å². The molecule has 0 bridgehead atoms. The second kappa shape index (κ2) is 6.56. The predicted octanol–water partition coefficient (Wildman–Crippen LogP) is 0.322. The molecule has 21 heavy (non-hydrogen) atoms. The summed E-state index contributed by atoms with van der Waals surface area (Å²) in [5, 5.41) is 2.95. The third kappa shape index (κ3) is 3.82. The van der Waals surface area contributed by atoms with Gasteiger partial charge in [-0.3, -0.25) is 14.6 Å². The molecule has 1 aromatic heterocycles. The number of benzene rings is 1. The molecule has 0 fully saturated rings. The smallest absolute Gasteiger partial charge is 0.330 e. The molecule has 1 heterocycles. The summed E-state index contributed by atoms with van der Waals surface area (Å²) in [6, 6.07) is 10.8. The molecular formula is C14H15N3O4. The van der Waals surface area contributed by atoms with E-state index in [1.54, 1.807) is 0 Å². The van der Waals surface area contributed by atoms with Gasteiger partial charge in [0, 0.05) is 12.6 Å². The lowest BCUT2D eigenvalue weighted by molar-refractivity contribution is -0.141. The number of aromatic nitrogens is 2. The van der Waals surface area contributed by atoms with E-state index in [1.165, 1.54) is 13.2 Å². The highest BCUT2D eigenvalue weighted by Crippen LogP contribution is 2.02. The second-order valence-corrected chi connectivity index (χ2v) is 4.33. The van der Waals surface area contributed by atoms with Crippen LogP contribution in [0, 0.1) is 0 Å². The maximum Gasteiger partial charge on any atom is 0.330 e. The highest BCUT2D eigenvalue weighted by atomic mass is 16.5. The lowest BCUT2D eigenvalue weighted by Gasteiger charge is -2.08. The van der Waals surface area contributed by atoms with Crippen molar-refractivity contribution in [3.05, 3.63) is 62.8 Å². The molecule has 0 amide bonds. The van der Waals surface area contributed by atoms with Gasteiger partial charge in [0.2, 0.25) is 0 Å². The van der Waals surface area contributed by atoms with Gasteiger partial charge < -0.3 is 10.1 Å². The number of nitrogens with one attached hydrogen (secondary N) is 2. The molecule has 110 valence electrons. The average Bonchev–Trinajstić information content (AvgIpc) is 2.49. The molecule has 0 aliphatic heterocycles. The molecule has 7 heteroatoms. The molecule has 0 atom stereocenters. The number of rotatable bonds is 5. The van der Waals surface area contributed by atoms with Gasteiger partial charge in [-0.2, -0.15) is 0 Å². The minimum absolute atomic E-state index is 0.301. The van der Waals surface area contributed by atoms with Gasteiger partial charge in [-0.05, 0) is 5.56 Å². The van der Waals surface area contributed by atoms with E-state index in [-0.39, 0.29) is 0 Å². The third-order valence-corrected chi connectivity index (χ3v) is 2.86. The number of carbonyl (C=O) groups excluding carboxylic acids is 1. The number of hydrogen-bond acceptors (Lipinski definition) is 5. The Balaban J connectivity index is 2.14. The van der Waals surface area contributed by atoms with Crippen molar-refractivity contribution in [1.29, 1.82) is 0 Å². The van der Waals surface area contributed by atoms with Gasteiger partial charge in [-0.25, -0.2) is 9.36 Å². The summed E-state index contributed by atoms with van der Waals surface area (Å²) in [5.74, 6) is -0.359. The van der Waals surface area contributed by atoms with Crippen LogP contribution in [0.2, 0.25) is 0 Å². The molecule has 0 saturated heterocycles. The van der Waals surface area contributed by atoms with Gasteiger partial charge in [0.25, 0.3) is 5.56 Å². The van der Waals surface area contributed by atoms with Crippen LogP contribution < -0.4 is 16.6 Å². The zero-order valence-corrected chi connectivity index (χ0v) is 11.5. The van der Waals surface area contributed by atoms with Gasteiger partial charge >= 0.3 is 11.7 Å². The van der Waals surface area contributed by atoms with Gasteiger partial charge in [0.1, 0.15) is 12.4 Å². The molecule has 0 aliphatic carbocycles. The maximum atomic E-state index is 11.8. The summed E-state index contributed by atoms with van der Waals surface area (Å²) in [6.45, 7) is 0.0564. The first-order valence-electron chi connectivity index (χ1n) is 6.29. The Bertz CT molecular complexity index is 703. The zero-order valence-electron chi connectivity index (χ0n) is 11.5. The molecule has 2 aromatic rings. The number of ether oxygens (including phenoxy) is 1. The Morgan fingerprint density at radius 2 is 2.00 bits per heavy atom. The van der Waals surface area contributed by atoms with Crippen LogP contribution in [0.25, 0.3) is 0 Å². The number of hydrogen-bond donors (Lipinski definition) is 2. The SMILES string of the molecule is COC(=O)Cn1c(=O)cc(NCc2ccccc2)[nH]c1=O. The molecule has 0 saturated carbocycles. The summed E-state index contributed by atoms with van der Waals surface area (Å²) in [7, 11) is 1.19. The summed E-state index contributed by atoms with van der Waals surface area (Å²) < 4.78 is 5.21. The van der Waals surface area contributed by atoms with Gasteiger partial charge in [-0.15, -0.1) is 0 Å². The molecule has 2 N–H and O–H groups in total. The van der Waals surface area contributed by atoms with E-state index in [4.69, 9.17) is 0 Å². The molecule has 2 rings (SSSR count). The van der Waals surface area contributed by atoms with E-state index in [0.717, 1.165) is 10.1 Å². The monoisotopic (exact) mass is 289 g/mol. The first-order valence-corrected chi connectivity index (χ1v) is 6.29. The normalized spacial score (nSPS) is 10.1. The first-order chi connectivity index (χ1) is 10.1. The van der Waals surface area contributed by atoms with Crippen LogP contribution in [-0.4, -0.2) is 22.6 Å². The maximum absolute atomic E-state index is 11.8. The van der Waals surface area contributed by atoms with E-state index in [2.05, 4.69) is 15.0 Å². The number of methoxy groups -OCH3 is 1. The average molecular weight is 289 g/mol. The second-order valence-electron chi connectivity index (χ2n) is 4.33. The van der Waals surface area contributed by atoms with Crippen molar-refractivity contribution in [3.63, 3.8) is 0 Å². The van der Waals surface area contributed by atoms with Crippen molar-refractivity contribution in [2.45, 2.75) is 13.1 Å². The molecule has 1 aromatic carbocycles. The van der Waals surface area contributed by atoms with E-state index in [1.807, 2.05) is 30.3 Å². The lowest BCUT2D eigenvalue weighted by Crippen LogP contribution is -2.37. The number of nitrogens with zero attached hydrogens (tertiary/aromatic N) is 1. The van der Waals surface area contributed by atoms with Crippen molar-refractivity contribution in [2.75, 3.05) is 12.4 Å². The highest BCUT2D eigenvalue weighted by Gasteiger charge is 2.09. The Labute approximate surface area is 120 Å². The van der Waals surface area contributed by atoms with Crippen LogP contribution in [0.5, 0.6) is 0 Å². The largest absolute Gasteiger partial charge is 0.468 e. The van der Waals surface area contributed by atoms with Crippen LogP contribution >= 0.6 is 0 Å². The fraction of sp³-hybridized carbons (Fsp3) is 0.214. The van der Waals surface area contributed by atoms with Gasteiger partial charge in [0.05, 0.1) is 7.11 Å². The van der Waals surface area contributed by atoms with E-state index >= 15 is 0 Å². The van der Waals surface area contributed by atoms with E-state index in [0.29, 0.717) is 12.4 Å². The number of esters is 1. The van der Waals surface area contributed by atoms with Crippen LogP contribution in [0.1, 0.15) is 5.56 Å². The Morgan fingerprint density at radius 3 is 2.62 bits per heavy atom. The van der Waals surface area contributed by atoms with Gasteiger partial charge in [-0.1, -0.05) is 30.3 Å². The van der Waals surface area contributed by atoms with Crippen LogP contribution in [-0.2, 0) is 22.6 Å². The molecule has 0 spiro atoms. The van der Waals surface area contributed by atoms with E-state index < -0.39 is 23.8 Å². The Morgan fingerprint density at radius 1 is 1.29 bits per heavy atom. The number of H-pyrrole nitrogens is 1. The van der Waals surface area contributed by atoms with Crippen LogP contribution in [0.3, 0.4) is 0 Å². The highest BCUT2D eigenvalue weighted by molar-refractivity contribution is 5.68. The first kappa shape index (κ1) is 14.6. The van der Waals surface area contributed by atoms with Crippen LogP contribution in [0.4, 0.5) is 5.82 Å². The number of aromatic amines is 1. The fourth-order valence-electron chi connectivity index (χ4n) is 1.75. The van der Waals surface area contributed by atoms with Crippen molar-refractivity contribution in [3.8, 4) is 0 Å². The molecular weight excluding hydrogens is 274 g/mol. The molecule has 0 radical (unpaired) electrons. The Kier molecular flexibility index (Phi) is 4.55. The summed E-state index contributed by atoms with van der Waals surface area (Å²) in [5.41, 5.74) is -0.222. The molecule has 7 nitrogen and oxygen atoms in total. The van der Waals surface area contributed by atoms with Crippen LogP contribution in [0.15, 0.2) is 46.0 Å². The number of anilines is 1. The Hall–Kier alpha value is -2.83. The lowest BCUT2D eigenvalue weighted by atomic mass is 10.2. The minimum Gasteiger partial charge on any atom is -0.468 e. The number of carbonyl (C=O) groups is 1. The van der Waals surface area contributed by atoms with Crippen molar-refractivity contribution >= 4 is 11.8 Å². The summed E-state index contributed by atoms with van der Waals surface area (Å²) in [6.07, 6.45) is 0.